The van der Waals surface area contributed by atoms with Crippen molar-refractivity contribution in [3.63, 3.8) is 0 Å². The van der Waals surface area contributed by atoms with Crippen LogP contribution in [0.3, 0.4) is 0 Å². The molecule has 0 aromatic carbocycles. The average Bonchev–Trinajstić information content (AvgIpc) is 2.58. The number of rotatable bonds is 4. The van der Waals surface area contributed by atoms with Crippen molar-refractivity contribution in [2.24, 2.45) is 0 Å². The van der Waals surface area contributed by atoms with E-state index in [4.69, 9.17) is 0 Å². The largest absolute Gasteiger partial charge is 0.300 e. The lowest BCUT2D eigenvalue weighted by molar-refractivity contribution is -0.0637. The monoisotopic (exact) mass is 382 g/mol. The molecular formula is C21H45F3N2. The topological polar surface area (TPSA) is 6.48 Å². The number of hydrogen-bond acceptors (Lipinski definition) is 2. The molecule has 1 unspecified atom stereocenters. The second-order valence-electron chi connectivity index (χ2n) is 7.03. The molecule has 2 nitrogen and oxygen atoms in total. The fraction of sp³-hybridized carbons (Fsp3) is 1.00. The van der Waals surface area contributed by atoms with Gasteiger partial charge in [-0.25, -0.2) is 13.2 Å². The van der Waals surface area contributed by atoms with Crippen LogP contribution in [-0.2, 0) is 0 Å². The van der Waals surface area contributed by atoms with Crippen molar-refractivity contribution in [2.75, 3.05) is 39.3 Å². The number of nitrogens with zero attached hydrogens (tertiary/aromatic N) is 2. The third kappa shape index (κ3) is 13.9. The van der Waals surface area contributed by atoms with Gasteiger partial charge in [-0.3, -0.25) is 4.90 Å². The van der Waals surface area contributed by atoms with E-state index in [9.17, 15) is 13.2 Å². The molecule has 0 aromatic heterocycles. The lowest BCUT2D eigenvalue weighted by Crippen LogP contribution is -2.43. The van der Waals surface area contributed by atoms with E-state index in [0.717, 1.165) is 51.9 Å². The van der Waals surface area contributed by atoms with Gasteiger partial charge < -0.3 is 4.90 Å². The highest BCUT2D eigenvalue weighted by atomic mass is 19.3. The molecule has 0 bridgehead atoms. The van der Waals surface area contributed by atoms with Crippen LogP contribution in [0.15, 0.2) is 0 Å². The molecule has 2 rings (SSSR count). The molecule has 5 heteroatoms. The van der Waals surface area contributed by atoms with Crippen LogP contribution in [0, 0.1) is 0 Å². The molecule has 0 aromatic rings. The van der Waals surface area contributed by atoms with Crippen LogP contribution in [0.5, 0.6) is 0 Å². The van der Waals surface area contributed by atoms with Crippen molar-refractivity contribution in [1.29, 1.82) is 0 Å². The van der Waals surface area contributed by atoms with Crippen molar-refractivity contribution < 1.29 is 13.2 Å². The summed E-state index contributed by atoms with van der Waals surface area (Å²) >= 11 is 0. The molecule has 2 aliphatic rings. The van der Waals surface area contributed by atoms with Gasteiger partial charge in [-0.1, -0.05) is 41.5 Å². The second kappa shape index (κ2) is 15.7. The summed E-state index contributed by atoms with van der Waals surface area (Å²) in [5.74, 6) is -2.42. The quantitative estimate of drug-likeness (QED) is 0.555. The van der Waals surface area contributed by atoms with Gasteiger partial charge in [0.25, 0.3) is 5.92 Å². The van der Waals surface area contributed by atoms with Crippen LogP contribution < -0.4 is 0 Å². The molecule has 0 aliphatic carbocycles. The first-order valence-corrected chi connectivity index (χ1v) is 10.8. The van der Waals surface area contributed by atoms with Crippen LogP contribution in [0.4, 0.5) is 13.2 Å². The Morgan fingerprint density at radius 1 is 0.731 bits per heavy atom. The first kappa shape index (κ1) is 27.9. The first-order valence-electron chi connectivity index (χ1n) is 10.8. The normalized spacial score (nSPS) is 25.6. The van der Waals surface area contributed by atoms with E-state index in [-0.39, 0.29) is 13.0 Å². The van der Waals surface area contributed by atoms with Gasteiger partial charge >= 0.3 is 0 Å². The Kier molecular flexibility index (Phi) is 16.9. The second-order valence-corrected chi connectivity index (χ2v) is 7.03. The maximum atomic E-state index is 13.4. The summed E-state index contributed by atoms with van der Waals surface area (Å²) in [4.78, 5) is 4.08. The highest BCUT2D eigenvalue weighted by Gasteiger charge is 2.34. The molecule has 2 fully saturated rings. The molecule has 26 heavy (non-hydrogen) atoms. The standard InChI is InChI=1S/C9H18FN.C8H15F2N.2C2H6/c1-3-6-11-7-4-5-9(2,10)8-11;1-2-5-11-6-3-4-8(9,10)7-11;2*1-2/h3-8H2,1-2H3;2-7H2,1H3;2*1-2H3. The van der Waals surface area contributed by atoms with E-state index < -0.39 is 11.6 Å². The minimum absolute atomic E-state index is 0.0269. The lowest BCUT2D eigenvalue weighted by Gasteiger charge is -2.34. The van der Waals surface area contributed by atoms with Crippen LogP contribution in [0.1, 0.15) is 87.0 Å². The van der Waals surface area contributed by atoms with Gasteiger partial charge in [-0.2, -0.15) is 0 Å². The maximum Gasteiger partial charge on any atom is 0.260 e. The lowest BCUT2D eigenvalue weighted by atomic mass is 9.97. The molecule has 0 radical (unpaired) electrons. The smallest absolute Gasteiger partial charge is 0.260 e. The highest BCUT2D eigenvalue weighted by molar-refractivity contribution is 4.83. The molecule has 0 amide bonds. The number of hydrogen-bond donors (Lipinski definition) is 0. The molecule has 160 valence electrons. The van der Waals surface area contributed by atoms with Gasteiger partial charge in [0, 0.05) is 13.0 Å². The van der Waals surface area contributed by atoms with E-state index in [0.29, 0.717) is 13.0 Å². The summed E-state index contributed by atoms with van der Waals surface area (Å²) in [5, 5.41) is 0. The van der Waals surface area contributed by atoms with E-state index in [2.05, 4.69) is 11.8 Å². The Hall–Kier alpha value is -0.290. The van der Waals surface area contributed by atoms with Crippen molar-refractivity contribution in [3.8, 4) is 0 Å². The fourth-order valence-corrected chi connectivity index (χ4v) is 3.36. The summed E-state index contributed by atoms with van der Waals surface area (Å²) in [6.45, 7) is 18.3. The molecule has 2 saturated heterocycles. The minimum Gasteiger partial charge on any atom is -0.300 e. The Morgan fingerprint density at radius 2 is 1.15 bits per heavy atom. The zero-order chi connectivity index (χ0) is 20.6. The molecule has 0 spiro atoms. The Morgan fingerprint density at radius 3 is 1.54 bits per heavy atom. The molecular weight excluding hydrogens is 337 g/mol. The van der Waals surface area contributed by atoms with Gasteiger partial charge in [0.15, 0.2) is 0 Å². The van der Waals surface area contributed by atoms with Crippen molar-refractivity contribution in [2.45, 2.75) is 98.6 Å². The number of alkyl halides is 3. The summed E-state index contributed by atoms with van der Waals surface area (Å²) < 4.78 is 38.9. The minimum atomic E-state index is -2.42. The van der Waals surface area contributed by atoms with Gasteiger partial charge in [0.05, 0.1) is 6.54 Å². The molecule has 1 atom stereocenters. The van der Waals surface area contributed by atoms with E-state index in [1.54, 1.807) is 6.92 Å². The summed E-state index contributed by atoms with van der Waals surface area (Å²) in [6, 6.07) is 0. The molecule has 0 N–H and O–H groups in total. The first-order chi connectivity index (χ1) is 12.3. The van der Waals surface area contributed by atoms with Crippen LogP contribution in [0.2, 0.25) is 0 Å². The van der Waals surface area contributed by atoms with Crippen LogP contribution in [-0.4, -0.2) is 60.7 Å². The van der Waals surface area contributed by atoms with Crippen molar-refractivity contribution in [3.05, 3.63) is 0 Å². The van der Waals surface area contributed by atoms with Gasteiger partial charge in [-0.15, -0.1) is 0 Å². The Balaban J connectivity index is 0. The average molecular weight is 383 g/mol. The zero-order valence-electron chi connectivity index (χ0n) is 18.5. The predicted octanol–water partition coefficient (Wildman–Crippen LogP) is 6.40. The fourth-order valence-electron chi connectivity index (χ4n) is 3.36. The van der Waals surface area contributed by atoms with Crippen LogP contribution in [0.25, 0.3) is 0 Å². The maximum absolute atomic E-state index is 13.4. The molecule has 2 heterocycles. The SMILES string of the molecule is CC.CC.CCCN1CCCC(C)(F)C1.CCCN1CCCC(F)(F)C1. The van der Waals surface area contributed by atoms with Gasteiger partial charge in [-0.05, 0) is 65.2 Å². The Bertz CT molecular complexity index is 276. The van der Waals surface area contributed by atoms with E-state index >= 15 is 0 Å². The summed E-state index contributed by atoms with van der Waals surface area (Å²) in [7, 11) is 0. The summed E-state index contributed by atoms with van der Waals surface area (Å²) in [6.07, 6.45) is 4.59. The zero-order valence-corrected chi connectivity index (χ0v) is 18.5. The third-order valence-electron chi connectivity index (χ3n) is 4.28. The van der Waals surface area contributed by atoms with Crippen molar-refractivity contribution >= 4 is 0 Å². The number of piperidine rings is 2. The number of likely N-dealkylation sites (tertiary alicyclic amines) is 2. The van der Waals surface area contributed by atoms with E-state index in [1.807, 2.05) is 39.5 Å². The van der Waals surface area contributed by atoms with Crippen LogP contribution >= 0.6 is 0 Å². The highest BCUT2D eigenvalue weighted by Crippen LogP contribution is 2.26. The van der Waals surface area contributed by atoms with E-state index in [1.165, 1.54) is 0 Å². The van der Waals surface area contributed by atoms with Gasteiger partial charge in [0.1, 0.15) is 5.67 Å². The van der Waals surface area contributed by atoms with Crippen molar-refractivity contribution in [1.82, 2.24) is 9.80 Å². The predicted molar refractivity (Wildman–Crippen MR) is 109 cm³/mol. The third-order valence-corrected chi connectivity index (χ3v) is 4.28. The Labute approximate surface area is 161 Å². The molecule has 0 saturated carbocycles. The number of halogens is 3. The summed E-state index contributed by atoms with van der Waals surface area (Å²) in [5.41, 5.74) is -0.923. The van der Waals surface area contributed by atoms with Gasteiger partial charge in [0.2, 0.25) is 0 Å². The molecule has 2 aliphatic heterocycles.